The lowest BCUT2D eigenvalue weighted by molar-refractivity contribution is -0.133. The molecular weight excluding hydrogens is 535 g/mol. The Morgan fingerprint density at radius 1 is 0.585 bits per heavy atom. The molecule has 0 saturated carbocycles. The Labute approximate surface area is 254 Å². The van der Waals surface area contributed by atoms with Gasteiger partial charge in [0.15, 0.2) is 0 Å². The summed E-state index contributed by atoms with van der Waals surface area (Å²) in [6.07, 6.45) is 28.6. The van der Waals surface area contributed by atoms with E-state index in [0.29, 0.717) is 13.0 Å². The van der Waals surface area contributed by atoms with Gasteiger partial charge in [-0.15, -0.1) is 0 Å². The fraction of sp³-hybridized carbons (Fsp3) is 0.970. The molecule has 1 unspecified atom stereocenters. The van der Waals surface area contributed by atoms with Crippen LogP contribution in [-0.4, -0.2) is 66.5 Å². The van der Waals surface area contributed by atoms with Gasteiger partial charge in [0.25, 0.3) is 0 Å². The first kappa shape index (κ1) is 38.6. The van der Waals surface area contributed by atoms with E-state index in [1.165, 1.54) is 109 Å². The van der Waals surface area contributed by atoms with E-state index in [-0.39, 0.29) is 19.1 Å². The first-order valence-electron chi connectivity index (χ1n) is 17.6. The maximum absolute atomic E-state index is 12.6. The number of rotatable bonds is 29. The van der Waals surface area contributed by atoms with E-state index in [4.69, 9.17) is 9.05 Å². The van der Waals surface area contributed by atoms with Crippen LogP contribution in [0.25, 0.3) is 0 Å². The second kappa shape index (κ2) is 27.1. The van der Waals surface area contributed by atoms with Crippen molar-refractivity contribution in [3.05, 3.63) is 0 Å². The number of hydrogen-bond acceptors (Lipinski definition) is 5. The van der Waals surface area contributed by atoms with Gasteiger partial charge in [0.1, 0.15) is 0 Å². The highest BCUT2D eigenvalue weighted by Gasteiger charge is 2.23. The number of carbonyl (C=O) groups is 1. The van der Waals surface area contributed by atoms with Gasteiger partial charge in [-0.05, 0) is 12.8 Å². The Balaban J connectivity index is 1.92. The zero-order valence-electron chi connectivity index (χ0n) is 27.1. The van der Waals surface area contributed by atoms with E-state index in [1.807, 2.05) is 4.90 Å². The molecule has 1 saturated heterocycles. The number of nitrogens with zero attached hydrogens (tertiary/aromatic N) is 2. The fourth-order valence-electron chi connectivity index (χ4n) is 5.59. The van der Waals surface area contributed by atoms with Crippen molar-refractivity contribution in [1.29, 1.82) is 0 Å². The average Bonchev–Trinajstić information content (AvgIpc) is 2.96. The van der Waals surface area contributed by atoms with Gasteiger partial charge in [-0.3, -0.25) is 18.7 Å². The Hall–Kier alpha value is -0.460. The third kappa shape index (κ3) is 23.6. The molecule has 8 heteroatoms. The maximum atomic E-state index is 12.6. The summed E-state index contributed by atoms with van der Waals surface area (Å²) in [6, 6.07) is 0. The summed E-state index contributed by atoms with van der Waals surface area (Å²) < 4.78 is 22.4. The van der Waals surface area contributed by atoms with Gasteiger partial charge in [0.05, 0.1) is 13.2 Å². The third-order valence-corrected chi connectivity index (χ3v) is 9.40. The van der Waals surface area contributed by atoms with E-state index in [2.05, 4.69) is 18.7 Å². The van der Waals surface area contributed by atoms with Crippen molar-refractivity contribution in [2.75, 3.05) is 45.9 Å². The largest absolute Gasteiger partial charge is 0.472 e. The monoisotopic (exact) mass is 602 g/mol. The van der Waals surface area contributed by atoms with Crippen molar-refractivity contribution in [1.82, 2.24) is 9.80 Å². The smallest absolute Gasteiger partial charge is 0.340 e. The minimum atomic E-state index is -3.98. The molecule has 0 aromatic rings. The van der Waals surface area contributed by atoms with Gasteiger partial charge in [-0.25, -0.2) is 4.57 Å². The third-order valence-electron chi connectivity index (χ3n) is 8.38. The summed E-state index contributed by atoms with van der Waals surface area (Å²) in [5.41, 5.74) is 0. The highest BCUT2D eigenvalue weighted by molar-refractivity contribution is 7.47. The van der Waals surface area contributed by atoms with E-state index in [9.17, 15) is 14.3 Å². The van der Waals surface area contributed by atoms with Crippen molar-refractivity contribution in [3.63, 3.8) is 0 Å². The summed E-state index contributed by atoms with van der Waals surface area (Å²) in [6.45, 7) is 8.50. The standard InChI is InChI=1S/C33H67N2O5P/c1-3-5-7-9-11-12-13-14-15-16-17-18-19-21-23-25-33(36)35-28-26-34(27-29-35)30-32-40-41(37,38)39-31-24-22-20-10-8-6-4-2/h3-32H2,1-2H3,(H,37,38). The molecule has 1 aliphatic heterocycles. The summed E-state index contributed by atoms with van der Waals surface area (Å²) in [4.78, 5) is 26.7. The van der Waals surface area contributed by atoms with Crippen LogP contribution >= 0.6 is 7.82 Å². The predicted octanol–water partition coefficient (Wildman–Crippen LogP) is 9.28. The van der Waals surface area contributed by atoms with Crippen molar-refractivity contribution < 1.29 is 23.3 Å². The number of piperazine rings is 1. The van der Waals surface area contributed by atoms with Crippen LogP contribution in [0.5, 0.6) is 0 Å². The van der Waals surface area contributed by atoms with Gasteiger partial charge in [0, 0.05) is 39.1 Å². The number of amides is 1. The lowest BCUT2D eigenvalue weighted by Gasteiger charge is -2.34. The number of phosphoric acid groups is 1. The number of unbranched alkanes of at least 4 members (excludes halogenated alkanes) is 20. The topological polar surface area (TPSA) is 79.3 Å². The van der Waals surface area contributed by atoms with Crippen molar-refractivity contribution in [3.8, 4) is 0 Å². The molecule has 1 aliphatic rings. The first-order valence-corrected chi connectivity index (χ1v) is 19.1. The predicted molar refractivity (Wildman–Crippen MR) is 172 cm³/mol. The van der Waals surface area contributed by atoms with Crippen molar-refractivity contribution >= 4 is 13.7 Å². The molecular formula is C33H67N2O5P. The lowest BCUT2D eigenvalue weighted by Crippen LogP contribution is -2.49. The van der Waals surface area contributed by atoms with Crippen LogP contribution in [0.3, 0.4) is 0 Å². The molecule has 0 radical (unpaired) electrons. The fourth-order valence-corrected chi connectivity index (χ4v) is 6.33. The van der Waals surface area contributed by atoms with Crippen LogP contribution in [0.4, 0.5) is 0 Å². The van der Waals surface area contributed by atoms with E-state index < -0.39 is 7.82 Å². The summed E-state index contributed by atoms with van der Waals surface area (Å²) in [5.74, 6) is 0.272. The van der Waals surface area contributed by atoms with Crippen molar-refractivity contribution in [2.45, 2.75) is 162 Å². The maximum Gasteiger partial charge on any atom is 0.472 e. The summed E-state index contributed by atoms with van der Waals surface area (Å²) in [7, 11) is -3.98. The van der Waals surface area contributed by atoms with Crippen LogP contribution in [0.1, 0.15) is 162 Å². The average molecular weight is 603 g/mol. The normalized spacial score (nSPS) is 15.8. The summed E-state index contributed by atoms with van der Waals surface area (Å²) >= 11 is 0. The Morgan fingerprint density at radius 2 is 0.976 bits per heavy atom. The van der Waals surface area contributed by atoms with E-state index in [1.54, 1.807) is 0 Å². The molecule has 244 valence electrons. The molecule has 1 rings (SSSR count). The van der Waals surface area contributed by atoms with Crippen LogP contribution in [0.15, 0.2) is 0 Å². The lowest BCUT2D eigenvalue weighted by atomic mass is 10.0. The van der Waals surface area contributed by atoms with Gasteiger partial charge in [-0.2, -0.15) is 0 Å². The molecule has 1 amide bonds. The molecule has 0 spiro atoms. The highest BCUT2D eigenvalue weighted by atomic mass is 31.2. The highest BCUT2D eigenvalue weighted by Crippen LogP contribution is 2.43. The minimum Gasteiger partial charge on any atom is -0.340 e. The van der Waals surface area contributed by atoms with Crippen molar-refractivity contribution in [2.24, 2.45) is 0 Å². The molecule has 1 N–H and O–H groups in total. The van der Waals surface area contributed by atoms with Gasteiger partial charge >= 0.3 is 7.82 Å². The van der Waals surface area contributed by atoms with Gasteiger partial charge < -0.3 is 9.79 Å². The van der Waals surface area contributed by atoms with E-state index >= 15 is 0 Å². The molecule has 1 heterocycles. The molecule has 0 aliphatic carbocycles. The number of hydrogen-bond donors (Lipinski definition) is 1. The molecule has 0 bridgehead atoms. The second-order valence-corrected chi connectivity index (χ2v) is 13.6. The van der Waals surface area contributed by atoms with E-state index in [0.717, 1.165) is 58.3 Å². The molecule has 0 aromatic carbocycles. The first-order chi connectivity index (χ1) is 20.0. The molecule has 7 nitrogen and oxygen atoms in total. The van der Waals surface area contributed by atoms with Gasteiger partial charge in [-0.1, -0.05) is 142 Å². The van der Waals surface area contributed by atoms with Gasteiger partial charge in [0.2, 0.25) is 5.91 Å². The quantitative estimate of drug-likeness (QED) is 0.0679. The van der Waals surface area contributed by atoms with Crippen LogP contribution < -0.4 is 0 Å². The minimum absolute atomic E-state index is 0.165. The number of phosphoric ester groups is 1. The van der Waals surface area contributed by atoms with Crippen LogP contribution in [0.2, 0.25) is 0 Å². The molecule has 41 heavy (non-hydrogen) atoms. The molecule has 1 atom stereocenters. The Kier molecular flexibility index (Phi) is 25.5. The second-order valence-electron chi connectivity index (χ2n) is 12.2. The Morgan fingerprint density at radius 3 is 1.44 bits per heavy atom. The number of carbonyl (C=O) groups excluding carboxylic acids is 1. The zero-order valence-corrected chi connectivity index (χ0v) is 28.0. The molecule has 1 fully saturated rings. The zero-order chi connectivity index (χ0) is 29.9. The SMILES string of the molecule is CCCCCCCCCCCCCCCCCC(=O)N1CCN(CCOP(=O)(O)OCCCCCCCCC)CC1. The van der Waals surface area contributed by atoms with Crippen LogP contribution in [-0.2, 0) is 18.4 Å². The Bertz CT molecular complexity index is 643. The molecule has 0 aromatic heterocycles. The van der Waals surface area contributed by atoms with Crippen LogP contribution in [0, 0.1) is 0 Å². The summed E-state index contributed by atoms with van der Waals surface area (Å²) in [5, 5.41) is 0.